The van der Waals surface area contributed by atoms with Crippen molar-refractivity contribution in [3.8, 4) is 5.75 Å². The van der Waals surface area contributed by atoms with Crippen LogP contribution in [0.5, 0.6) is 5.75 Å². The maximum atomic E-state index is 12.9. The number of rotatable bonds is 2. The molecule has 2 heterocycles. The van der Waals surface area contributed by atoms with E-state index >= 15 is 0 Å². The van der Waals surface area contributed by atoms with Gasteiger partial charge in [0, 0.05) is 19.7 Å². The first-order chi connectivity index (χ1) is 13.0. The zero-order chi connectivity index (χ0) is 19.1. The summed E-state index contributed by atoms with van der Waals surface area (Å²) in [4.78, 5) is 17.8. The Balaban J connectivity index is 2.03. The molecule has 9 heteroatoms. The van der Waals surface area contributed by atoms with Crippen molar-refractivity contribution in [1.82, 2.24) is 10.3 Å². The Labute approximate surface area is 176 Å². The number of hydrogen-bond acceptors (Lipinski definition) is 6. The number of nitrogens with one attached hydrogen (secondary N) is 1. The van der Waals surface area contributed by atoms with Crippen LogP contribution in [0, 0.1) is 0 Å². The number of methoxy groups -OCH3 is 1. The highest BCUT2D eigenvalue weighted by Gasteiger charge is 2.35. The lowest BCUT2D eigenvalue weighted by molar-refractivity contribution is -0.116. The van der Waals surface area contributed by atoms with Gasteiger partial charge in [-0.1, -0.05) is 43.6 Å². The lowest BCUT2D eigenvalue weighted by Gasteiger charge is -2.34. The Hall–Kier alpha value is -1.84. The van der Waals surface area contributed by atoms with Gasteiger partial charge in [-0.25, -0.2) is 5.01 Å². The standard InChI is InChI=1S/C18H14Br2N4O2S/c1-26-14-6-4-10(20)8-12(14)16-21-13-5-3-9(19)7-11(13)15-17(25)22-18(27-2)23-24(15)16/h3-8,16H,1-2H3,(H,22,23,25). The molecule has 0 aliphatic carbocycles. The first-order valence-corrected chi connectivity index (χ1v) is 10.8. The maximum Gasteiger partial charge on any atom is 0.276 e. The Bertz CT molecular complexity index is 1100. The topological polar surface area (TPSA) is 66.3 Å². The van der Waals surface area contributed by atoms with E-state index in [9.17, 15) is 4.79 Å². The third kappa shape index (κ3) is 3.28. The molecule has 2 aromatic rings. The van der Waals surface area contributed by atoms with E-state index in [4.69, 9.17) is 9.73 Å². The normalized spacial score (nSPS) is 18.1. The molecule has 1 atom stereocenters. The van der Waals surface area contributed by atoms with Gasteiger partial charge in [-0.2, -0.15) is 0 Å². The molecule has 27 heavy (non-hydrogen) atoms. The van der Waals surface area contributed by atoms with Gasteiger partial charge in [0.15, 0.2) is 11.3 Å². The molecule has 1 unspecified atom stereocenters. The summed E-state index contributed by atoms with van der Waals surface area (Å²) in [5.41, 5.74) is 1.28. The molecule has 0 aromatic heterocycles. The minimum Gasteiger partial charge on any atom is -0.496 e. The summed E-state index contributed by atoms with van der Waals surface area (Å²) in [6, 6.07) is 11.4. The molecule has 6 nitrogen and oxygen atoms in total. The molecule has 2 aliphatic rings. The molecule has 0 saturated heterocycles. The van der Waals surface area contributed by atoms with E-state index in [-0.39, 0.29) is 5.91 Å². The quantitative estimate of drug-likeness (QED) is 0.676. The average Bonchev–Trinajstić information content (AvgIpc) is 2.66. The van der Waals surface area contributed by atoms with Crippen LogP contribution >= 0.6 is 43.6 Å². The van der Waals surface area contributed by atoms with Crippen LogP contribution in [-0.2, 0) is 4.79 Å². The predicted octanol–water partition coefficient (Wildman–Crippen LogP) is 2.73. The zero-order valence-corrected chi connectivity index (χ0v) is 18.4. The number of hydrazone groups is 1. The van der Waals surface area contributed by atoms with Gasteiger partial charge >= 0.3 is 0 Å². The van der Waals surface area contributed by atoms with Gasteiger partial charge in [0.25, 0.3) is 5.91 Å². The van der Waals surface area contributed by atoms with Crippen molar-refractivity contribution in [1.29, 1.82) is 0 Å². The summed E-state index contributed by atoms with van der Waals surface area (Å²) in [6.07, 6.45) is 1.35. The monoisotopic (exact) mass is 508 g/mol. The van der Waals surface area contributed by atoms with Crippen molar-refractivity contribution in [2.24, 2.45) is 10.1 Å². The van der Waals surface area contributed by atoms with Crippen molar-refractivity contribution >= 4 is 60.4 Å². The number of benzene rings is 2. The minimum absolute atomic E-state index is 0.206. The van der Waals surface area contributed by atoms with Crippen LogP contribution in [-0.4, -0.2) is 29.4 Å². The Morgan fingerprint density at radius 1 is 1.19 bits per heavy atom. The van der Waals surface area contributed by atoms with E-state index in [0.29, 0.717) is 16.6 Å². The van der Waals surface area contributed by atoms with Crippen molar-refractivity contribution in [3.05, 3.63) is 61.5 Å². The van der Waals surface area contributed by atoms with E-state index in [1.807, 2.05) is 42.7 Å². The number of halogens is 2. The highest BCUT2D eigenvalue weighted by Crippen LogP contribution is 2.36. The van der Waals surface area contributed by atoms with Gasteiger partial charge in [0.2, 0.25) is 0 Å². The fourth-order valence-electron chi connectivity index (χ4n) is 3.05. The summed E-state index contributed by atoms with van der Waals surface area (Å²) < 4.78 is 7.31. The van der Waals surface area contributed by atoms with Crippen LogP contribution in [0.3, 0.4) is 0 Å². The Morgan fingerprint density at radius 3 is 2.67 bits per heavy atom. The van der Waals surface area contributed by atoms with Gasteiger partial charge < -0.3 is 4.74 Å². The molecule has 1 amide bonds. The van der Waals surface area contributed by atoms with Gasteiger partial charge in [0.1, 0.15) is 11.4 Å². The number of amidine groups is 1. The van der Waals surface area contributed by atoms with Crippen molar-refractivity contribution < 1.29 is 9.53 Å². The van der Waals surface area contributed by atoms with E-state index in [1.54, 1.807) is 12.1 Å². The van der Waals surface area contributed by atoms with E-state index < -0.39 is 6.17 Å². The molecule has 0 saturated carbocycles. The Kier molecular flexibility index (Phi) is 5.00. The van der Waals surface area contributed by atoms with Crippen LogP contribution in [0.25, 0.3) is 5.70 Å². The number of nitrogens with zero attached hydrogens (tertiary/aromatic N) is 3. The summed E-state index contributed by atoms with van der Waals surface area (Å²) in [5, 5.41) is 11.1. The third-order valence-electron chi connectivity index (χ3n) is 4.23. The highest BCUT2D eigenvalue weighted by molar-refractivity contribution is 9.10. The average molecular weight is 510 g/mol. The van der Waals surface area contributed by atoms with Crippen LogP contribution in [0.1, 0.15) is 11.7 Å². The molecule has 0 bridgehead atoms. The van der Waals surface area contributed by atoms with E-state index in [1.165, 1.54) is 11.8 Å². The SMILES string of the molecule is COc1ccc(Br)cc1C1N=c2ccc(Br)cc2=C2C(=O)NC(SC)=NN21. The molecule has 4 rings (SSSR count). The molecule has 1 N–H and O–H groups in total. The van der Waals surface area contributed by atoms with Crippen molar-refractivity contribution in [2.45, 2.75) is 6.17 Å². The first-order valence-electron chi connectivity index (χ1n) is 7.96. The molecular weight excluding hydrogens is 496 g/mol. The number of fused-ring (bicyclic) bond motifs is 2. The minimum atomic E-state index is -0.519. The molecule has 0 fully saturated rings. The second-order valence-electron chi connectivity index (χ2n) is 5.81. The van der Waals surface area contributed by atoms with Crippen LogP contribution in [0.15, 0.2) is 55.4 Å². The number of ether oxygens (including phenoxy) is 1. The second-order valence-corrected chi connectivity index (χ2v) is 8.43. The summed E-state index contributed by atoms with van der Waals surface area (Å²) in [5.74, 6) is 0.473. The molecule has 0 radical (unpaired) electrons. The summed E-state index contributed by atoms with van der Waals surface area (Å²) in [7, 11) is 1.62. The summed E-state index contributed by atoms with van der Waals surface area (Å²) in [6.45, 7) is 0. The number of carbonyl (C=O) groups excluding carboxylic acids is 1. The zero-order valence-electron chi connectivity index (χ0n) is 14.4. The smallest absolute Gasteiger partial charge is 0.276 e. The molecule has 138 valence electrons. The fraction of sp³-hybridized carbons (Fsp3) is 0.167. The maximum absolute atomic E-state index is 12.9. The fourth-order valence-corrected chi connectivity index (χ4v) is 4.16. The van der Waals surface area contributed by atoms with Gasteiger partial charge in [-0.05, 0) is 42.7 Å². The Morgan fingerprint density at radius 2 is 1.93 bits per heavy atom. The molecule has 0 spiro atoms. The summed E-state index contributed by atoms with van der Waals surface area (Å²) >= 11 is 8.36. The number of carbonyl (C=O) groups is 1. The van der Waals surface area contributed by atoms with Crippen molar-refractivity contribution in [3.63, 3.8) is 0 Å². The number of amides is 1. The lowest BCUT2D eigenvalue weighted by Crippen LogP contribution is -2.50. The van der Waals surface area contributed by atoms with Crippen LogP contribution in [0.2, 0.25) is 0 Å². The first kappa shape index (κ1) is 18.5. The predicted molar refractivity (Wildman–Crippen MR) is 113 cm³/mol. The van der Waals surface area contributed by atoms with Crippen LogP contribution < -0.4 is 20.6 Å². The lowest BCUT2D eigenvalue weighted by atomic mass is 10.1. The molecule has 2 aliphatic heterocycles. The van der Waals surface area contributed by atoms with Gasteiger partial charge in [-0.3, -0.25) is 15.1 Å². The van der Waals surface area contributed by atoms with E-state index in [0.717, 1.165) is 25.1 Å². The van der Waals surface area contributed by atoms with Crippen LogP contribution in [0.4, 0.5) is 0 Å². The van der Waals surface area contributed by atoms with Crippen molar-refractivity contribution in [2.75, 3.05) is 13.4 Å². The molecular formula is C18H14Br2N4O2S. The van der Waals surface area contributed by atoms with Gasteiger partial charge in [-0.15, -0.1) is 5.10 Å². The second kappa shape index (κ2) is 7.29. The number of thioether (sulfide) groups is 1. The van der Waals surface area contributed by atoms with Gasteiger partial charge in [0.05, 0.1) is 12.5 Å². The highest BCUT2D eigenvalue weighted by atomic mass is 79.9. The largest absolute Gasteiger partial charge is 0.496 e. The van der Waals surface area contributed by atoms with E-state index in [2.05, 4.69) is 42.3 Å². The third-order valence-corrected chi connectivity index (χ3v) is 5.79. The molecule has 2 aromatic carbocycles. The number of hydrogen-bond donors (Lipinski definition) is 1.